The molecule has 0 bridgehead atoms. The van der Waals surface area contributed by atoms with Gasteiger partial charge in [0, 0.05) is 12.0 Å². The maximum Gasteiger partial charge on any atom is 0.303 e. The molecule has 38 heavy (non-hydrogen) atoms. The number of rotatable bonds is 13. The van der Waals surface area contributed by atoms with Crippen LogP contribution < -0.4 is 4.74 Å². The summed E-state index contributed by atoms with van der Waals surface area (Å²) in [6.07, 6.45) is 6.30. The molecule has 1 fully saturated rings. The number of hydrogen-bond donors (Lipinski definition) is 5. The summed E-state index contributed by atoms with van der Waals surface area (Å²) >= 11 is 0. The second kappa shape index (κ2) is 15.1. The number of phenols is 1. The Bertz CT molecular complexity index is 1040. The number of aromatic hydroxyl groups is 1. The normalized spacial score (nSPS) is 23.0. The maximum absolute atomic E-state index is 10.7. The van der Waals surface area contributed by atoms with Crippen molar-refractivity contribution < 1.29 is 39.8 Å². The van der Waals surface area contributed by atoms with Gasteiger partial charge in [-0.05, 0) is 90.3 Å². The lowest BCUT2D eigenvalue weighted by atomic mass is 9.99. The maximum atomic E-state index is 10.7. The molecule has 2 rings (SSSR count). The van der Waals surface area contributed by atoms with Crippen LogP contribution in [0, 0.1) is 13.8 Å². The number of aliphatic hydroxyl groups is 3. The fraction of sp³-hybridized carbons (Fsp3) is 0.567. The van der Waals surface area contributed by atoms with Gasteiger partial charge in [0.05, 0.1) is 6.61 Å². The second-order valence-corrected chi connectivity index (χ2v) is 10.3. The van der Waals surface area contributed by atoms with Gasteiger partial charge >= 0.3 is 5.97 Å². The summed E-state index contributed by atoms with van der Waals surface area (Å²) in [5.41, 5.74) is 5.67. The summed E-state index contributed by atoms with van der Waals surface area (Å²) < 4.78 is 11.2. The van der Waals surface area contributed by atoms with E-state index in [4.69, 9.17) is 14.6 Å². The molecule has 0 aliphatic carbocycles. The van der Waals surface area contributed by atoms with Crippen LogP contribution in [0.25, 0.3) is 0 Å². The Kier molecular flexibility index (Phi) is 12.5. The Hall–Kier alpha value is -2.65. The molecule has 0 radical (unpaired) electrons. The van der Waals surface area contributed by atoms with Crippen molar-refractivity contribution in [3.05, 3.63) is 57.7 Å². The highest BCUT2D eigenvalue weighted by molar-refractivity contribution is 5.67. The van der Waals surface area contributed by atoms with E-state index in [1.165, 1.54) is 11.1 Å². The number of ether oxygens (including phenoxy) is 2. The first-order valence-corrected chi connectivity index (χ1v) is 13.2. The summed E-state index contributed by atoms with van der Waals surface area (Å²) in [5.74, 6) is -0.128. The molecule has 212 valence electrons. The van der Waals surface area contributed by atoms with Crippen LogP contribution in [0.15, 0.2) is 41.0 Å². The third kappa shape index (κ3) is 9.58. The van der Waals surface area contributed by atoms with E-state index in [1.807, 2.05) is 6.92 Å². The van der Waals surface area contributed by atoms with Gasteiger partial charge < -0.3 is 35.0 Å². The van der Waals surface area contributed by atoms with Crippen LogP contribution >= 0.6 is 0 Å². The van der Waals surface area contributed by atoms with Crippen molar-refractivity contribution in [2.24, 2.45) is 0 Å². The van der Waals surface area contributed by atoms with Gasteiger partial charge in [-0.2, -0.15) is 0 Å². The fourth-order valence-electron chi connectivity index (χ4n) is 4.21. The van der Waals surface area contributed by atoms with Crippen molar-refractivity contribution >= 4 is 5.97 Å². The number of allylic oxidation sites excluding steroid dienone is 6. The van der Waals surface area contributed by atoms with Gasteiger partial charge in [-0.25, -0.2) is 0 Å². The zero-order valence-corrected chi connectivity index (χ0v) is 23.2. The Morgan fingerprint density at radius 1 is 0.921 bits per heavy atom. The number of hydrogen-bond acceptors (Lipinski definition) is 7. The van der Waals surface area contributed by atoms with Gasteiger partial charge in [-0.3, -0.25) is 4.79 Å². The van der Waals surface area contributed by atoms with Crippen LogP contribution in [-0.4, -0.2) is 62.7 Å². The van der Waals surface area contributed by atoms with E-state index >= 15 is 0 Å². The molecule has 1 aromatic rings. The Balaban J connectivity index is 1.94. The van der Waals surface area contributed by atoms with Gasteiger partial charge in [0.25, 0.3) is 0 Å². The third-order valence-electron chi connectivity index (χ3n) is 7.06. The van der Waals surface area contributed by atoms with Crippen molar-refractivity contribution in [1.82, 2.24) is 0 Å². The minimum atomic E-state index is -1.40. The summed E-state index contributed by atoms with van der Waals surface area (Å²) in [7, 11) is 0. The molecule has 0 saturated carbocycles. The smallest absolute Gasteiger partial charge is 0.303 e. The number of carboxylic acid groups (broad SMARTS) is 1. The number of aliphatic hydroxyl groups excluding tert-OH is 3. The van der Waals surface area contributed by atoms with Crippen LogP contribution in [0.1, 0.15) is 76.0 Å². The molecule has 0 amide bonds. The number of carboxylic acids is 1. The summed E-state index contributed by atoms with van der Waals surface area (Å²) in [5, 5.41) is 49.3. The molecule has 8 nitrogen and oxygen atoms in total. The van der Waals surface area contributed by atoms with Crippen LogP contribution in [0.3, 0.4) is 0 Å². The summed E-state index contributed by atoms with van der Waals surface area (Å²) in [6.45, 7) is 9.60. The van der Waals surface area contributed by atoms with Crippen LogP contribution in [-0.2, 0) is 16.0 Å². The molecule has 0 aromatic heterocycles. The molecule has 1 heterocycles. The molecule has 0 spiro atoms. The second-order valence-electron chi connectivity index (χ2n) is 10.3. The van der Waals surface area contributed by atoms with Crippen molar-refractivity contribution in [2.45, 2.75) is 104 Å². The standard InChI is InChI=1S/C30H44O8/c1-18(9-7-11-20(3)13-15-26(32)33)8-6-10-19(2)12-14-23-16-25(21(4)22(5)27(23)34)38-30-29(36)28(35)24(31)17-37-30/h8,11-12,16,24,28-31,34-36H,6-7,9-10,13-15,17H2,1-5H3,(H,32,33)/b18-8+,19-12+,20-11+/t24-,28-,29+,30-/m1/s1. The average Bonchev–Trinajstić information content (AvgIpc) is 2.87. The Morgan fingerprint density at radius 2 is 1.50 bits per heavy atom. The number of benzene rings is 1. The lowest BCUT2D eigenvalue weighted by Gasteiger charge is -2.35. The van der Waals surface area contributed by atoms with Crippen molar-refractivity contribution in [3.8, 4) is 11.5 Å². The fourth-order valence-corrected chi connectivity index (χ4v) is 4.21. The van der Waals surface area contributed by atoms with Crippen LogP contribution in [0.2, 0.25) is 0 Å². The Labute approximate surface area is 225 Å². The molecule has 5 N–H and O–H groups in total. The molecule has 0 unspecified atom stereocenters. The highest BCUT2D eigenvalue weighted by Crippen LogP contribution is 2.35. The van der Waals surface area contributed by atoms with Crippen LogP contribution in [0.4, 0.5) is 0 Å². The van der Waals surface area contributed by atoms with Crippen molar-refractivity contribution in [1.29, 1.82) is 0 Å². The molecular weight excluding hydrogens is 488 g/mol. The van der Waals surface area contributed by atoms with Gasteiger partial charge in [-0.1, -0.05) is 34.9 Å². The summed E-state index contributed by atoms with van der Waals surface area (Å²) in [6, 6.07) is 1.73. The highest BCUT2D eigenvalue weighted by atomic mass is 16.7. The van der Waals surface area contributed by atoms with E-state index in [9.17, 15) is 25.2 Å². The van der Waals surface area contributed by atoms with Gasteiger partial charge in [0.1, 0.15) is 29.8 Å². The molecule has 8 heteroatoms. The first-order valence-electron chi connectivity index (χ1n) is 13.2. The van der Waals surface area contributed by atoms with Gasteiger partial charge in [0.15, 0.2) is 0 Å². The average molecular weight is 533 g/mol. The number of phenolic OH excluding ortho intramolecular Hbond substituents is 1. The Morgan fingerprint density at radius 3 is 2.11 bits per heavy atom. The first-order chi connectivity index (χ1) is 17.9. The number of aliphatic carboxylic acids is 1. The predicted molar refractivity (Wildman–Crippen MR) is 146 cm³/mol. The monoisotopic (exact) mass is 532 g/mol. The topological polar surface area (TPSA) is 137 Å². The minimum Gasteiger partial charge on any atom is -0.507 e. The lowest BCUT2D eigenvalue weighted by Crippen LogP contribution is -2.54. The predicted octanol–water partition coefficient (Wildman–Crippen LogP) is 4.63. The quantitative estimate of drug-likeness (QED) is 0.232. The van der Waals surface area contributed by atoms with Crippen LogP contribution in [0.5, 0.6) is 11.5 Å². The number of carbonyl (C=O) groups is 1. The van der Waals surface area contributed by atoms with E-state index in [-0.39, 0.29) is 18.8 Å². The first kappa shape index (κ1) is 31.6. The van der Waals surface area contributed by atoms with Gasteiger partial charge in [0.2, 0.25) is 6.29 Å². The zero-order chi connectivity index (χ0) is 28.4. The van der Waals surface area contributed by atoms with Crippen molar-refractivity contribution in [2.75, 3.05) is 6.61 Å². The lowest BCUT2D eigenvalue weighted by molar-refractivity contribution is -0.242. The molecular formula is C30H44O8. The van der Waals surface area contributed by atoms with E-state index in [0.717, 1.165) is 31.3 Å². The highest BCUT2D eigenvalue weighted by Gasteiger charge is 2.39. The van der Waals surface area contributed by atoms with E-state index < -0.39 is 30.6 Å². The van der Waals surface area contributed by atoms with Crippen molar-refractivity contribution in [3.63, 3.8) is 0 Å². The SMILES string of the molecule is C/C(=C\CC/C(C)=C/Cc1cc(O[C@H]2OC[C@@H](O)[C@@H](O)[C@@H]2O)c(C)c(C)c1O)CC/C=C(\C)CCC(=O)O. The van der Waals surface area contributed by atoms with E-state index in [0.29, 0.717) is 35.3 Å². The van der Waals surface area contributed by atoms with Gasteiger partial charge in [-0.15, -0.1) is 0 Å². The third-order valence-corrected chi connectivity index (χ3v) is 7.06. The van der Waals surface area contributed by atoms with E-state index in [2.05, 4.69) is 32.1 Å². The molecule has 1 aliphatic rings. The minimum absolute atomic E-state index is 0.148. The zero-order valence-electron chi connectivity index (χ0n) is 23.2. The molecule has 1 saturated heterocycles. The van der Waals surface area contributed by atoms with E-state index in [1.54, 1.807) is 19.9 Å². The summed E-state index contributed by atoms with van der Waals surface area (Å²) in [4.78, 5) is 10.7. The molecule has 4 atom stereocenters. The largest absolute Gasteiger partial charge is 0.507 e. The molecule has 1 aromatic carbocycles. The molecule has 1 aliphatic heterocycles.